The molecule has 2 bridgehead atoms. The minimum atomic E-state index is 0.228. The highest BCUT2D eigenvalue weighted by atomic mass is 16.5. The summed E-state index contributed by atoms with van der Waals surface area (Å²) < 4.78 is 5.39. The van der Waals surface area contributed by atoms with Crippen molar-refractivity contribution in [2.45, 2.75) is 49.7 Å². The van der Waals surface area contributed by atoms with Gasteiger partial charge in [0.2, 0.25) is 0 Å². The highest BCUT2D eigenvalue weighted by Crippen LogP contribution is 2.42. The molecule has 0 aromatic heterocycles. The molecule has 0 aliphatic carbocycles. The van der Waals surface area contributed by atoms with Crippen LogP contribution in [0, 0.1) is 0 Å². The molecule has 3 aliphatic rings. The minimum Gasteiger partial charge on any atom is -0.377 e. The smallest absolute Gasteiger partial charge is 0.0806 e. The molecule has 2 atom stereocenters. The Balaban J connectivity index is 1.83. The molecule has 0 amide bonds. The molecule has 0 aromatic carbocycles. The van der Waals surface area contributed by atoms with Crippen molar-refractivity contribution in [2.75, 3.05) is 19.8 Å². The number of nitrogens with two attached hydrogens (primary N) is 1. The zero-order chi connectivity index (χ0) is 9.60. The molecular formula is C11H20N2O. The third-order valence-electron chi connectivity index (χ3n) is 4.36. The summed E-state index contributed by atoms with van der Waals surface area (Å²) >= 11 is 0. The normalized spacial score (nSPS) is 40.9. The number of ether oxygens (including phenoxy) is 1. The Morgan fingerprint density at radius 2 is 1.79 bits per heavy atom. The monoisotopic (exact) mass is 196 g/mol. The van der Waals surface area contributed by atoms with Gasteiger partial charge in [0.15, 0.2) is 0 Å². The van der Waals surface area contributed by atoms with E-state index in [-0.39, 0.29) is 5.54 Å². The summed E-state index contributed by atoms with van der Waals surface area (Å²) in [6.45, 7) is 2.52. The first-order chi connectivity index (χ1) is 6.86. The van der Waals surface area contributed by atoms with Crippen LogP contribution in [0.5, 0.6) is 0 Å². The van der Waals surface area contributed by atoms with E-state index >= 15 is 0 Å². The van der Waals surface area contributed by atoms with E-state index in [4.69, 9.17) is 10.5 Å². The lowest BCUT2D eigenvalue weighted by Gasteiger charge is -2.53. The minimum absolute atomic E-state index is 0.228. The first-order valence-electron chi connectivity index (χ1n) is 5.92. The second-order valence-electron chi connectivity index (χ2n) is 5.14. The highest BCUT2D eigenvalue weighted by molar-refractivity contribution is 5.07. The average Bonchev–Trinajstić information content (AvgIpc) is 2.41. The van der Waals surface area contributed by atoms with Gasteiger partial charge in [-0.05, 0) is 25.7 Å². The van der Waals surface area contributed by atoms with Gasteiger partial charge in [0.05, 0.1) is 18.8 Å². The molecule has 3 heterocycles. The van der Waals surface area contributed by atoms with E-state index in [9.17, 15) is 0 Å². The molecule has 2 N–H and O–H groups in total. The fraction of sp³-hybridized carbons (Fsp3) is 1.00. The van der Waals surface area contributed by atoms with Gasteiger partial charge in [0, 0.05) is 18.6 Å². The maximum Gasteiger partial charge on any atom is 0.0806 e. The summed E-state index contributed by atoms with van der Waals surface area (Å²) in [6, 6.07) is 1.64. The summed E-state index contributed by atoms with van der Waals surface area (Å²) in [5, 5.41) is 0. The Bertz CT molecular complexity index is 206. The van der Waals surface area contributed by atoms with Gasteiger partial charge in [0.1, 0.15) is 0 Å². The van der Waals surface area contributed by atoms with Crippen LogP contribution in [-0.2, 0) is 4.74 Å². The molecule has 3 aliphatic heterocycles. The van der Waals surface area contributed by atoms with Crippen molar-refractivity contribution < 1.29 is 4.74 Å². The molecule has 80 valence electrons. The first kappa shape index (κ1) is 9.13. The molecule has 3 rings (SSSR count). The van der Waals surface area contributed by atoms with Crippen molar-refractivity contribution in [3.05, 3.63) is 0 Å². The third kappa shape index (κ3) is 1.09. The predicted octanol–water partition coefficient (Wildman–Crippen LogP) is 0.731. The van der Waals surface area contributed by atoms with Gasteiger partial charge in [-0.15, -0.1) is 0 Å². The molecule has 3 nitrogen and oxygen atoms in total. The summed E-state index contributed by atoms with van der Waals surface area (Å²) in [4.78, 5) is 2.72. The van der Waals surface area contributed by atoms with Crippen molar-refractivity contribution in [1.82, 2.24) is 4.90 Å². The number of nitrogens with zero attached hydrogens (tertiary/aromatic N) is 1. The van der Waals surface area contributed by atoms with Gasteiger partial charge < -0.3 is 10.5 Å². The Morgan fingerprint density at radius 3 is 2.21 bits per heavy atom. The second kappa shape index (κ2) is 3.19. The molecule has 0 spiro atoms. The Labute approximate surface area is 85.6 Å². The lowest BCUT2D eigenvalue weighted by atomic mass is 9.88. The van der Waals surface area contributed by atoms with Crippen molar-refractivity contribution >= 4 is 0 Å². The molecular weight excluding hydrogens is 176 g/mol. The van der Waals surface area contributed by atoms with Gasteiger partial charge >= 0.3 is 0 Å². The predicted molar refractivity (Wildman–Crippen MR) is 55.1 cm³/mol. The number of hydrogen-bond acceptors (Lipinski definition) is 3. The van der Waals surface area contributed by atoms with Crippen LogP contribution in [0.4, 0.5) is 0 Å². The van der Waals surface area contributed by atoms with Crippen LogP contribution in [0.15, 0.2) is 0 Å². The van der Waals surface area contributed by atoms with E-state index in [1.807, 2.05) is 0 Å². The molecule has 3 fully saturated rings. The lowest BCUT2D eigenvalue weighted by Crippen LogP contribution is -2.69. The summed E-state index contributed by atoms with van der Waals surface area (Å²) in [5.74, 6) is 0. The Kier molecular flexibility index (Phi) is 2.08. The quantitative estimate of drug-likeness (QED) is 0.707. The fourth-order valence-corrected chi connectivity index (χ4v) is 3.60. The fourth-order valence-electron chi connectivity index (χ4n) is 3.60. The number of fused-ring (bicyclic) bond motifs is 2. The molecule has 2 unspecified atom stereocenters. The van der Waals surface area contributed by atoms with Crippen LogP contribution in [0.25, 0.3) is 0 Å². The van der Waals surface area contributed by atoms with Gasteiger partial charge in [-0.2, -0.15) is 0 Å². The maximum absolute atomic E-state index is 5.93. The van der Waals surface area contributed by atoms with Crippen molar-refractivity contribution in [3.8, 4) is 0 Å². The number of rotatable bonds is 2. The van der Waals surface area contributed by atoms with Crippen LogP contribution < -0.4 is 5.73 Å². The molecule has 0 aromatic rings. The van der Waals surface area contributed by atoms with E-state index in [0.717, 1.165) is 31.8 Å². The zero-order valence-corrected chi connectivity index (χ0v) is 8.74. The molecule has 0 saturated carbocycles. The van der Waals surface area contributed by atoms with E-state index in [2.05, 4.69) is 4.90 Å². The molecule has 14 heavy (non-hydrogen) atoms. The van der Waals surface area contributed by atoms with Crippen LogP contribution >= 0.6 is 0 Å². The first-order valence-corrected chi connectivity index (χ1v) is 5.92. The Morgan fingerprint density at radius 1 is 1.14 bits per heavy atom. The summed E-state index contributed by atoms with van der Waals surface area (Å²) in [5.41, 5.74) is 6.16. The summed E-state index contributed by atoms with van der Waals surface area (Å²) in [7, 11) is 0. The van der Waals surface area contributed by atoms with E-state index in [1.54, 1.807) is 0 Å². The Hall–Kier alpha value is -0.120. The van der Waals surface area contributed by atoms with Crippen molar-refractivity contribution in [3.63, 3.8) is 0 Å². The van der Waals surface area contributed by atoms with Gasteiger partial charge in [-0.3, -0.25) is 4.90 Å². The number of piperidine rings is 1. The largest absolute Gasteiger partial charge is 0.377 e. The number of hydrogen-bond donors (Lipinski definition) is 1. The standard InChI is InChI=1S/C11H20N2O/c12-6-11(7-14-8-11)13-9-2-1-3-10(13)5-4-9/h9-10H,1-8,12H2. The van der Waals surface area contributed by atoms with Crippen LogP contribution in [-0.4, -0.2) is 42.3 Å². The van der Waals surface area contributed by atoms with Crippen molar-refractivity contribution in [2.24, 2.45) is 5.73 Å². The molecule has 0 radical (unpaired) electrons. The lowest BCUT2D eigenvalue weighted by molar-refractivity contribution is -0.158. The van der Waals surface area contributed by atoms with Gasteiger partial charge in [-0.1, -0.05) is 6.42 Å². The van der Waals surface area contributed by atoms with Crippen LogP contribution in [0.2, 0.25) is 0 Å². The molecule has 3 heteroatoms. The SMILES string of the molecule is NCC1(N2C3CCCC2CC3)COC1. The topological polar surface area (TPSA) is 38.5 Å². The average molecular weight is 196 g/mol. The second-order valence-corrected chi connectivity index (χ2v) is 5.14. The third-order valence-corrected chi connectivity index (χ3v) is 4.36. The van der Waals surface area contributed by atoms with Gasteiger partial charge in [0.25, 0.3) is 0 Å². The van der Waals surface area contributed by atoms with E-state index < -0.39 is 0 Å². The van der Waals surface area contributed by atoms with Crippen LogP contribution in [0.1, 0.15) is 32.1 Å². The zero-order valence-electron chi connectivity index (χ0n) is 8.74. The van der Waals surface area contributed by atoms with Crippen LogP contribution in [0.3, 0.4) is 0 Å². The van der Waals surface area contributed by atoms with Crippen molar-refractivity contribution in [1.29, 1.82) is 0 Å². The van der Waals surface area contributed by atoms with Gasteiger partial charge in [-0.25, -0.2) is 0 Å². The summed E-state index contributed by atoms with van der Waals surface area (Å²) in [6.07, 6.45) is 6.99. The van der Waals surface area contributed by atoms with E-state index in [1.165, 1.54) is 32.1 Å². The maximum atomic E-state index is 5.93. The highest BCUT2D eigenvalue weighted by Gasteiger charge is 2.52. The molecule has 3 saturated heterocycles. The van der Waals surface area contributed by atoms with E-state index in [0.29, 0.717) is 0 Å².